The van der Waals surface area contributed by atoms with Crippen LogP contribution in [0.3, 0.4) is 0 Å². The summed E-state index contributed by atoms with van der Waals surface area (Å²) in [4.78, 5) is 27.9. The zero-order chi connectivity index (χ0) is 27.5. The minimum atomic E-state index is -0.835. The van der Waals surface area contributed by atoms with Gasteiger partial charge in [-0.05, 0) is 61.7 Å². The third-order valence-electron chi connectivity index (χ3n) is 8.39. The van der Waals surface area contributed by atoms with Crippen molar-refractivity contribution < 1.29 is 9.59 Å². The molecule has 1 saturated heterocycles. The fourth-order valence-electron chi connectivity index (χ4n) is 6.19. The van der Waals surface area contributed by atoms with Crippen LogP contribution in [0.25, 0.3) is 0 Å². The molecule has 1 fully saturated rings. The number of unbranched alkanes of at least 4 members (excludes halogenated alkanes) is 2. The van der Waals surface area contributed by atoms with Gasteiger partial charge < -0.3 is 21.3 Å². The van der Waals surface area contributed by atoms with E-state index >= 15 is 0 Å². The Balaban J connectivity index is 1.20. The van der Waals surface area contributed by atoms with Crippen molar-refractivity contribution in [2.75, 3.05) is 39.3 Å². The van der Waals surface area contributed by atoms with Crippen molar-refractivity contribution in [3.8, 4) is 0 Å². The number of primary amides is 1. The first-order chi connectivity index (χ1) is 19.0. The predicted octanol–water partition coefficient (Wildman–Crippen LogP) is 4.18. The van der Waals surface area contributed by atoms with Crippen LogP contribution in [0.1, 0.15) is 50.2 Å². The lowest BCUT2D eigenvalue weighted by Crippen LogP contribution is -2.49. The molecule has 0 saturated carbocycles. The molecule has 1 heterocycles. The molecule has 2 aromatic carbocycles. The van der Waals surface area contributed by atoms with E-state index in [2.05, 4.69) is 40.7 Å². The first-order valence-corrected chi connectivity index (χ1v) is 14.5. The van der Waals surface area contributed by atoms with Gasteiger partial charge in [-0.15, -0.1) is 0 Å². The molecule has 1 unspecified atom stereocenters. The highest BCUT2D eigenvalue weighted by atomic mass is 16.2. The van der Waals surface area contributed by atoms with Crippen molar-refractivity contribution in [1.82, 2.24) is 15.5 Å². The van der Waals surface area contributed by atoms with Gasteiger partial charge in [-0.3, -0.25) is 9.59 Å². The molecular weight excluding hydrogens is 484 g/mol. The van der Waals surface area contributed by atoms with E-state index in [1.165, 1.54) is 5.57 Å². The normalized spacial score (nSPS) is 19.6. The third-order valence-corrected chi connectivity index (χ3v) is 8.39. The number of rotatable bonds is 14. The van der Waals surface area contributed by atoms with E-state index in [1.807, 2.05) is 60.7 Å². The number of carbonyl (C=O) groups excluding carboxylic acids is 2. The zero-order valence-electron chi connectivity index (χ0n) is 23.3. The van der Waals surface area contributed by atoms with Crippen LogP contribution in [0.4, 0.5) is 0 Å². The van der Waals surface area contributed by atoms with Gasteiger partial charge >= 0.3 is 0 Å². The van der Waals surface area contributed by atoms with E-state index in [0.717, 1.165) is 69.4 Å². The maximum absolute atomic E-state index is 13.2. The Morgan fingerprint density at radius 2 is 1.69 bits per heavy atom. The molecule has 0 aromatic heterocycles. The minimum Gasteiger partial charge on any atom is -0.369 e. The molecule has 208 valence electrons. The highest BCUT2D eigenvalue weighted by Crippen LogP contribution is 2.43. The molecule has 1 aliphatic carbocycles. The Kier molecular flexibility index (Phi) is 10.5. The number of nitrogens with one attached hydrogen (secondary N) is 2. The summed E-state index contributed by atoms with van der Waals surface area (Å²) >= 11 is 0. The van der Waals surface area contributed by atoms with Gasteiger partial charge in [0.2, 0.25) is 11.8 Å². The Morgan fingerprint density at radius 3 is 2.33 bits per heavy atom. The van der Waals surface area contributed by atoms with E-state index in [9.17, 15) is 9.59 Å². The quantitative estimate of drug-likeness (QED) is 0.321. The summed E-state index contributed by atoms with van der Waals surface area (Å²) in [5, 5.41) is 6.30. The Hall–Kier alpha value is -3.22. The van der Waals surface area contributed by atoms with E-state index < -0.39 is 5.41 Å². The number of benzene rings is 2. The molecule has 4 rings (SSSR count). The second kappa shape index (κ2) is 14.2. The lowest BCUT2D eigenvalue weighted by atomic mass is 9.64. The molecule has 1 aliphatic heterocycles. The molecule has 2 aliphatic rings. The van der Waals surface area contributed by atoms with Gasteiger partial charge in [-0.2, -0.15) is 0 Å². The summed E-state index contributed by atoms with van der Waals surface area (Å²) in [6.45, 7) is 6.85. The molecule has 2 amide bonds. The molecular formula is C33H44N4O2. The SMILES string of the molecule is CC1CC=CC=C1CNCC(=O)NCCCCCN1CC[C@@H](C(C(N)=O)(c2ccccc2)c2ccccc2)C1. The summed E-state index contributed by atoms with van der Waals surface area (Å²) in [6, 6.07) is 20.1. The first-order valence-electron chi connectivity index (χ1n) is 14.5. The average molecular weight is 529 g/mol. The van der Waals surface area contributed by atoms with Crippen LogP contribution < -0.4 is 16.4 Å². The van der Waals surface area contributed by atoms with Crippen molar-refractivity contribution in [3.63, 3.8) is 0 Å². The van der Waals surface area contributed by atoms with E-state index in [0.29, 0.717) is 19.0 Å². The maximum Gasteiger partial charge on any atom is 0.233 e. The summed E-state index contributed by atoms with van der Waals surface area (Å²) < 4.78 is 0. The minimum absolute atomic E-state index is 0.0570. The molecule has 0 spiro atoms. The van der Waals surface area contributed by atoms with Gasteiger partial charge in [-0.1, -0.05) is 97.8 Å². The van der Waals surface area contributed by atoms with Gasteiger partial charge in [0.25, 0.3) is 0 Å². The Bertz CT molecular complexity index is 1090. The second-order valence-corrected chi connectivity index (χ2v) is 11.0. The predicted molar refractivity (Wildman–Crippen MR) is 158 cm³/mol. The molecule has 6 nitrogen and oxygen atoms in total. The average Bonchev–Trinajstić information content (AvgIpc) is 3.42. The zero-order valence-corrected chi connectivity index (χ0v) is 23.3. The van der Waals surface area contributed by atoms with Gasteiger partial charge in [0.05, 0.1) is 6.54 Å². The topological polar surface area (TPSA) is 87.5 Å². The highest BCUT2D eigenvalue weighted by molar-refractivity contribution is 5.91. The fraction of sp³-hybridized carbons (Fsp3) is 0.455. The number of nitrogens with two attached hydrogens (primary N) is 1. The monoisotopic (exact) mass is 528 g/mol. The number of amides is 2. The largest absolute Gasteiger partial charge is 0.369 e. The first kappa shape index (κ1) is 28.8. The van der Waals surface area contributed by atoms with Crippen molar-refractivity contribution in [2.24, 2.45) is 17.6 Å². The molecule has 6 heteroatoms. The summed E-state index contributed by atoms with van der Waals surface area (Å²) in [5.41, 5.74) is 8.68. The standard InChI is InChI=1S/C33H44N4O2/c1-26-13-9-10-14-27(26)23-35-24-31(38)36-20-11-4-12-21-37-22-19-30(25-37)33(32(34)39,28-15-5-2-6-16-28)29-17-7-3-8-18-29/h2-3,5-10,14-18,26,30,35H,4,11-13,19-25H2,1H3,(H2,34,39)(H,36,38)/t26?,30-/m1/s1. The van der Waals surface area contributed by atoms with E-state index in [-0.39, 0.29) is 17.7 Å². The molecule has 39 heavy (non-hydrogen) atoms. The van der Waals surface area contributed by atoms with Crippen LogP contribution in [-0.4, -0.2) is 56.0 Å². The summed E-state index contributed by atoms with van der Waals surface area (Å²) in [6.07, 6.45) is 11.5. The van der Waals surface area contributed by atoms with E-state index in [1.54, 1.807) is 0 Å². The van der Waals surface area contributed by atoms with E-state index in [4.69, 9.17) is 5.73 Å². The number of hydrogen-bond donors (Lipinski definition) is 3. The van der Waals surface area contributed by atoms with Crippen molar-refractivity contribution >= 4 is 11.8 Å². The molecule has 2 atom stereocenters. The maximum atomic E-state index is 13.2. The van der Waals surface area contributed by atoms with Crippen LogP contribution >= 0.6 is 0 Å². The lowest BCUT2D eigenvalue weighted by molar-refractivity contribution is -0.124. The van der Waals surface area contributed by atoms with Crippen molar-refractivity contribution in [1.29, 1.82) is 0 Å². The van der Waals surface area contributed by atoms with Crippen molar-refractivity contribution in [3.05, 3.63) is 95.6 Å². The number of carbonyl (C=O) groups is 2. The Morgan fingerprint density at radius 1 is 1.00 bits per heavy atom. The number of hydrogen-bond acceptors (Lipinski definition) is 4. The molecule has 0 bridgehead atoms. The van der Waals surface area contributed by atoms with Crippen LogP contribution in [-0.2, 0) is 15.0 Å². The van der Waals surface area contributed by atoms with Gasteiger partial charge in [0.15, 0.2) is 0 Å². The van der Waals surface area contributed by atoms with Crippen LogP contribution in [0.2, 0.25) is 0 Å². The van der Waals surface area contributed by atoms with Gasteiger partial charge in [-0.25, -0.2) is 0 Å². The molecule has 2 aromatic rings. The number of allylic oxidation sites excluding steroid dienone is 3. The Labute approximate surface area is 233 Å². The summed E-state index contributed by atoms with van der Waals surface area (Å²) in [7, 11) is 0. The van der Waals surface area contributed by atoms with Gasteiger partial charge in [0.1, 0.15) is 5.41 Å². The summed E-state index contributed by atoms with van der Waals surface area (Å²) in [5.74, 6) is 0.440. The van der Waals surface area contributed by atoms with Crippen molar-refractivity contribution in [2.45, 2.75) is 44.4 Å². The van der Waals surface area contributed by atoms with Crippen LogP contribution in [0.15, 0.2) is 84.5 Å². The van der Waals surface area contributed by atoms with Gasteiger partial charge in [0, 0.05) is 19.6 Å². The number of likely N-dealkylation sites (tertiary alicyclic amines) is 1. The fourth-order valence-corrected chi connectivity index (χ4v) is 6.19. The molecule has 0 radical (unpaired) electrons. The second-order valence-electron chi connectivity index (χ2n) is 11.0. The smallest absolute Gasteiger partial charge is 0.233 e. The third kappa shape index (κ3) is 7.25. The molecule has 4 N–H and O–H groups in total. The van der Waals surface area contributed by atoms with Crippen LogP contribution in [0.5, 0.6) is 0 Å². The highest BCUT2D eigenvalue weighted by Gasteiger charge is 2.49. The lowest BCUT2D eigenvalue weighted by Gasteiger charge is -2.37. The number of nitrogens with zero attached hydrogens (tertiary/aromatic N) is 1. The van der Waals surface area contributed by atoms with Crippen LogP contribution in [0, 0.1) is 11.8 Å².